The van der Waals surface area contributed by atoms with Crippen molar-refractivity contribution in [3.05, 3.63) is 77.9 Å². The van der Waals surface area contributed by atoms with Crippen molar-refractivity contribution < 1.29 is 27.4 Å². The molecule has 1 amide bonds. The van der Waals surface area contributed by atoms with Crippen LogP contribution in [0.5, 0.6) is 17.2 Å². The fraction of sp³-hybridized carbons (Fsp3) is 0.200. The van der Waals surface area contributed by atoms with Crippen LogP contribution in [0.2, 0.25) is 0 Å². The second-order valence-electron chi connectivity index (χ2n) is 7.66. The monoisotopic (exact) mass is 495 g/mol. The topological polar surface area (TPSA) is 107 Å². The van der Waals surface area contributed by atoms with Crippen LogP contribution in [-0.4, -0.2) is 47.4 Å². The SMILES string of the molecule is COc1ccccc1N(CC(=O)N/N=C\c1cccc2c1OCCO2)S(=O)(=O)c1ccc(C)cc1. The number of sulfonamides is 1. The van der Waals surface area contributed by atoms with Crippen molar-refractivity contribution in [1.29, 1.82) is 0 Å². The van der Waals surface area contributed by atoms with Crippen LogP contribution in [0.25, 0.3) is 0 Å². The maximum absolute atomic E-state index is 13.5. The van der Waals surface area contributed by atoms with Crippen LogP contribution >= 0.6 is 0 Å². The molecule has 182 valence electrons. The predicted molar refractivity (Wildman–Crippen MR) is 132 cm³/mol. The van der Waals surface area contributed by atoms with Gasteiger partial charge in [-0.1, -0.05) is 35.9 Å². The van der Waals surface area contributed by atoms with E-state index in [2.05, 4.69) is 10.5 Å². The van der Waals surface area contributed by atoms with Gasteiger partial charge < -0.3 is 14.2 Å². The number of benzene rings is 3. The summed E-state index contributed by atoms with van der Waals surface area (Å²) in [6.07, 6.45) is 1.42. The van der Waals surface area contributed by atoms with Gasteiger partial charge in [0.2, 0.25) is 0 Å². The lowest BCUT2D eigenvalue weighted by Gasteiger charge is -2.25. The summed E-state index contributed by atoms with van der Waals surface area (Å²) in [5, 5.41) is 3.99. The fourth-order valence-electron chi connectivity index (χ4n) is 3.51. The van der Waals surface area contributed by atoms with E-state index < -0.39 is 22.5 Å². The number of carbonyl (C=O) groups is 1. The van der Waals surface area contributed by atoms with Gasteiger partial charge in [0.05, 0.1) is 23.9 Å². The molecule has 0 unspecified atom stereocenters. The van der Waals surface area contributed by atoms with Gasteiger partial charge >= 0.3 is 0 Å². The molecule has 0 radical (unpaired) electrons. The van der Waals surface area contributed by atoms with Crippen molar-refractivity contribution >= 4 is 27.8 Å². The Balaban J connectivity index is 1.58. The summed E-state index contributed by atoms with van der Waals surface area (Å²) in [4.78, 5) is 12.9. The van der Waals surface area contributed by atoms with E-state index in [1.165, 1.54) is 25.5 Å². The number of hydrogen-bond acceptors (Lipinski definition) is 7. The standard InChI is InChI=1S/C25H25N3O6S/c1-18-10-12-20(13-11-18)35(30,31)28(21-7-3-4-8-22(21)32-2)17-24(29)27-26-16-19-6-5-9-23-25(19)34-15-14-33-23/h3-13,16H,14-15,17H2,1-2H3,(H,27,29)/b26-16-. The molecular formula is C25H25N3O6S. The number of fused-ring (bicyclic) bond motifs is 1. The number of anilines is 1. The number of methoxy groups -OCH3 is 1. The molecule has 10 heteroatoms. The number of hydrazone groups is 1. The minimum atomic E-state index is -4.08. The Labute approximate surface area is 204 Å². The van der Waals surface area contributed by atoms with Crippen molar-refractivity contribution in [2.24, 2.45) is 5.10 Å². The molecule has 0 aliphatic carbocycles. The van der Waals surface area contributed by atoms with Gasteiger partial charge in [-0.05, 0) is 43.3 Å². The summed E-state index contributed by atoms with van der Waals surface area (Å²) in [6.45, 7) is 2.22. The number of para-hydroxylation sites is 3. The minimum Gasteiger partial charge on any atom is -0.495 e. The third kappa shape index (κ3) is 5.38. The molecule has 1 heterocycles. The van der Waals surface area contributed by atoms with Crippen LogP contribution in [0.15, 0.2) is 76.7 Å². The van der Waals surface area contributed by atoms with Gasteiger partial charge in [0, 0.05) is 5.56 Å². The normalized spacial score (nSPS) is 12.9. The Morgan fingerprint density at radius 3 is 2.57 bits per heavy atom. The highest BCUT2D eigenvalue weighted by atomic mass is 32.2. The van der Waals surface area contributed by atoms with E-state index >= 15 is 0 Å². The molecule has 0 bridgehead atoms. The number of nitrogens with one attached hydrogen (secondary N) is 1. The quantitative estimate of drug-likeness (QED) is 0.380. The Bertz CT molecular complexity index is 1340. The van der Waals surface area contributed by atoms with E-state index in [0.29, 0.717) is 36.0 Å². The van der Waals surface area contributed by atoms with Crippen molar-refractivity contribution in [3.63, 3.8) is 0 Å². The zero-order valence-corrected chi connectivity index (χ0v) is 20.1. The van der Waals surface area contributed by atoms with Crippen molar-refractivity contribution in [2.45, 2.75) is 11.8 Å². The maximum Gasteiger partial charge on any atom is 0.264 e. The first-order chi connectivity index (χ1) is 16.9. The number of amides is 1. The largest absolute Gasteiger partial charge is 0.495 e. The maximum atomic E-state index is 13.5. The van der Waals surface area contributed by atoms with Gasteiger partial charge in [-0.15, -0.1) is 0 Å². The zero-order valence-electron chi connectivity index (χ0n) is 19.3. The Kier molecular flexibility index (Phi) is 7.21. The number of hydrogen-bond donors (Lipinski definition) is 1. The Morgan fingerprint density at radius 1 is 1.06 bits per heavy atom. The molecule has 3 aromatic rings. The molecule has 1 N–H and O–H groups in total. The summed E-state index contributed by atoms with van der Waals surface area (Å²) in [7, 11) is -2.65. The van der Waals surface area contributed by atoms with Crippen LogP contribution < -0.4 is 23.9 Å². The number of nitrogens with zero attached hydrogens (tertiary/aromatic N) is 2. The van der Waals surface area contributed by atoms with Gasteiger partial charge in [0.15, 0.2) is 11.5 Å². The molecular weight excluding hydrogens is 470 g/mol. The summed E-state index contributed by atoms with van der Waals surface area (Å²) >= 11 is 0. The lowest BCUT2D eigenvalue weighted by Crippen LogP contribution is -2.39. The summed E-state index contributed by atoms with van der Waals surface area (Å²) < 4.78 is 44.6. The lowest BCUT2D eigenvalue weighted by atomic mass is 10.2. The van der Waals surface area contributed by atoms with Crippen LogP contribution in [0.1, 0.15) is 11.1 Å². The third-order valence-corrected chi connectivity index (χ3v) is 7.01. The highest BCUT2D eigenvalue weighted by Gasteiger charge is 2.29. The van der Waals surface area contributed by atoms with Crippen LogP contribution in [0.3, 0.4) is 0 Å². The first kappa shape index (κ1) is 24.1. The first-order valence-electron chi connectivity index (χ1n) is 10.8. The number of carbonyl (C=O) groups excluding carboxylic acids is 1. The molecule has 0 aromatic heterocycles. The van der Waals surface area contributed by atoms with Crippen LogP contribution in [-0.2, 0) is 14.8 Å². The summed E-state index contributed by atoms with van der Waals surface area (Å²) in [5.74, 6) is 0.810. The lowest BCUT2D eigenvalue weighted by molar-refractivity contribution is -0.119. The molecule has 0 saturated heterocycles. The van der Waals surface area contributed by atoms with E-state index in [1.54, 1.807) is 54.6 Å². The molecule has 0 saturated carbocycles. The first-order valence-corrected chi connectivity index (χ1v) is 12.3. The van der Waals surface area contributed by atoms with Crippen molar-refractivity contribution in [2.75, 3.05) is 31.2 Å². The average Bonchev–Trinajstić information content (AvgIpc) is 2.87. The molecule has 9 nitrogen and oxygen atoms in total. The van der Waals surface area contributed by atoms with E-state index in [-0.39, 0.29) is 10.6 Å². The molecule has 35 heavy (non-hydrogen) atoms. The molecule has 0 fully saturated rings. The molecule has 1 aliphatic rings. The minimum absolute atomic E-state index is 0.0540. The van der Waals surface area contributed by atoms with Gasteiger partial charge in [-0.3, -0.25) is 9.10 Å². The van der Waals surface area contributed by atoms with Gasteiger partial charge in [0.25, 0.3) is 15.9 Å². The van der Waals surface area contributed by atoms with Gasteiger partial charge in [0.1, 0.15) is 25.5 Å². The van der Waals surface area contributed by atoms with E-state index in [0.717, 1.165) is 9.87 Å². The number of rotatable bonds is 8. The van der Waals surface area contributed by atoms with E-state index in [1.807, 2.05) is 6.92 Å². The number of aryl methyl sites for hydroxylation is 1. The van der Waals surface area contributed by atoms with E-state index in [4.69, 9.17) is 14.2 Å². The smallest absolute Gasteiger partial charge is 0.264 e. The number of ether oxygens (including phenoxy) is 3. The fourth-order valence-corrected chi connectivity index (χ4v) is 4.94. The molecule has 4 rings (SSSR count). The zero-order chi connectivity index (χ0) is 24.8. The molecule has 0 spiro atoms. The van der Waals surface area contributed by atoms with Crippen molar-refractivity contribution in [1.82, 2.24) is 5.43 Å². The molecule has 0 atom stereocenters. The van der Waals surface area contributed by atoms with Crippen molar-refractivity contribution in [3.8, 4) is 17.2 Å². The second kappa shape index (κ2) is 10.5. The summed E-state index contributed by atoms with van der Waals surface area (Å²) in [5.41, 5.74) is 4.17. The van der Waals surface area contributed by atoms with Gasteiger partial charge in [-0.25, -0.2) is 13.8 Å². The molecule has 3 aromatic carbocycles. The van der Waals surface area contributed by atoms with Gasteiger partial charge in [-0.2, -0.15) is 5.10 Å². The predicted octanol–water partition coefficient (Wildman–Crippen LogP) is 3.12. The average molecular weight is 496 g/mol. The van der Waals surface area contributed by atoms with Crippen LogP contribution in [0.4, 0.5) is 5.69 Å². The highest BCUT2D eigenvalue weighted by molar-refractivity contribution is 7.92. The molecule has 1 aliphatic heterocycles. The van der Waals surface area contributed by atoms with E-state index in [9.17, 15) is 13.2 Å². The Morgan fingerprint density at radius 2 is 1.80 bits per heavy atom. The Hall–Kier alpha value is -4.05. The third-order valence-electron chi connectivity index (χ3n) is 5.24. The van der Waals surface area contributed by atoms with Crippen LogP contribution in [0, 0.1) is 6.92 Å². The summed E-state index contributed by atoms with van der Waals surface area (Å²) in [6, 6.07) is 18.3. The highest BCUT2D eigenvalue weighted by Crippen LogP contribution is 2.33. The second-order valence-corrected chi connectivity index (χ2v) is 9.52.